The van der Waals surface area contributed by atoms with Gasteiger partial charge in [-0.3, -0.25) is 0 Å². The van der Waals surface area contributed by atoms with Crippen LogP contribution in [0.5, 0.6) is 0 Å². The number of likely N-dealkylation sites (N-methyl/N-ethyl adjacent to an activating group) is 2. The summed E-state index contributed by atoms with van der Waals surface area (Å²) in [6.07, 6.45) is 3.84. The van der Waals surface area contributed by atoms with Gasteiger partial charge in [0.2, 0.25) is 0 Å². The average Bonchev–Trinajstić information content (AvgIpc) is 2.35. The molecule has 0 saturated heterocycles. The number of halogens is 1. The van der Waals surface area contributed by atoms with E-state index < -0.39 is 0 Å². The standard InChI is InChI=1S/C16H26FN3/c1-19(2)16(7-4-8-16)12-20(3)11-13-5-6-15(17)9-14(13)10-18/h5-6,9H,4,7-8,10-12,18H2,1-3H3. The molecule has 0 amide bonds. The van der Waals surface area contributed by atoms with Crippen molar-refractivity contribution in [3.05, 3.63) is 35.1 Å². The summed E-state index contributed by atoms with van der Waals surface area (Å²) in [5.41, 5.74) is 8.07. The maximum Gasteiger partial charge on any atom is 0.123 e. The van der Waals surface area contributed by atoms with E-state index in [1.807, 2.05) is 6.07 Å². The quantitative estimate of drug-likeness (QED) is 0.866. The fraction of sp³-hybridized carbons (Fsp3) is 0.625. The first kappa shape index (κ1) is 15.4. The van der Waals surface area contributed by atoms with Crippen molar-refractivity contribution < 1.29 is 4.39 Å². The third-order valence-corrected chi connectivity index (χ3v) is 4.63. The SMILES string of the molecule is CN(Cc1ccc(F)cc1CN)CC1(N(C)C)CCC1. The van der Waals surface area contributed by atoms with Crippen LogP contribution in [-0.4, -0.2) is 43.0 Å². The molecule has 0 unspecified atom stereocenters. The minimum absolute atomic E-state index is 0.208. The van der Waals surface area contributed by atoms with Crippen LogP contribution in [0.25, 0.3) is 0 Å². The third kappa shape index (κ3) is 3.19. The van der Waals surface area contributed by atoms with E-state index >= 15 is 0 Å². The molecule has 2 N–H and O–H groups in total. The molecule has 0 atom stereocenters. The van der Waals surface area contributed by atoms with Gasteiger partial charge in [-0.25, -0.2) is 4.39 Å². The fourth-order valence-corrected chi connectivity index (χ4v) is 3.12. The zero-order valence-electron chi connectivity index (χ0n) is 12.8. The maximum absolute atomic E-state index is 13.2. The van der Waals surface area contributed by atoms with E-state index in [-0.39, 0.29) is 5.82 Å². The van der Waals surface area contributed by atoms with Gasteiger partial charge in [0, 0.05) is 25.2 Å². The Morgan fingerprint density at radius 2 is 1.90 bits per heavy atom. The Labute approximate surface area is 121 Å². The predicted octanol–water partition coefficient (Wildman–Crippen LogP) is 2.20. The number of benzene rings is 1. The Hall–Kier alpha value is -0.970. The second-order valence-corrected chi connectivity index (χ2v) is 6.26. The Morgan fingerprint density at radius 3 is 2.40 bits per heavy atom. The molecule has 0 spiro atoms. The molecule has 0 aromatic heterocycles. The highest BCUT2D eigenvalue weighted by Gasteiger charge is 2.39. The molecule has 112 valence electrons. The number of nitrogens with two attached hydrogens (primary N) is 1. The molecule has 1 saturated carbocycles. The number of hydrogen-bond acceptors (Lipinski definition) is 3. The Morgan fingerprint density at radius 1 is 1.20 bits per heavy atom. The van der Waals surface area contributed by atoms with Gasteiger partial charge < -0.3 is 15.5 Å². The molecule has 1 aromatic carbocycles. The van der Waals surface area contributed by atoms with Gasteiger partial charge in [-0.1, -0.05) is 6.07 Å². The zero-order chi connectivity index (χ0) is 14.8. The van der Waals surface area contributed by atoms with Crippen molar-refractivity contribution in [3.8, 4) is 0 Å². The van der Waals surface area contributed by atoms with Gasteiger partial charge in [0.1, 0.15) is 5.82 Å². The Bertz CT molecular complexity index is 455. The van der Waals surface area contributed by atoms with E-state index in [1.165, 1.54) is 25.3 Å². The van der Waals surface area contributed by atoms with Crippen LogP contribution in [0.4, 0.5) is 4.39 Å². The summed E-state index contributed by atoms with van der Waals surface area (Å²) in [5, 5.41) is 0. The van der Waals surface area contributed by atoms with Crippen LogP contribution in [0.3, 0.4) is 0 Å². The number of rotatable bonds is 6. The van der Waals surface area contributed by atoms with Crippen molar-refractivity contribution in [1.29, 1.82) is 0 Å². The molecule has 20 heavy (non-hydrogen) atoms. The van der Waals surface area contributed by atoms with Gasteiger partial charge in [0.15, 0.2) is 0 Å². The van der Waals surface area contributed by atoms with Gasteiger partial charge >= 0.3 is 0 Å². The highest BCUT2D eigenvalue weighted by atomic mass is 19.1. The second kappa shape index (κ2) is 6.20. The lowest BCUT2D eigenvalue weighted by molar-refractivity contribution is 0.0258. The van der Waals surface area contributed by atoms with E-state index in [0.717, 1.165) is 24.2 Å². The molecule has 1 fully saturated rings. The van der Waals surface area contributed by atoms with Crippen LogP contribution >= 0.6 is 0 Å². The van der Waals surface area contributed by atoms with Gasteiger partial charge in [-0.15, -0.1) is 0 Å². The average molecular weight is 279 g/mol. The van der Waals surface area contributed by atoms with Crippen LogP contribution in [0.15, 0.2) is 18.2 Å². The molecule has 0 aliphatic heterocycles. The van der Waals surface area contributed by atoms with Crippen LogP contribution < -0.4 is 5.73 Å². The molecular formula is C16H26FN3. The minimum Gasteiger partial charge on any atom is -0.326 e. The molecular weight excluding hydrogens is 253 g/mol. The van der Waals surface area contributed by atoms with Gasteiger partial charge in [-0.05, 0) is 63.7 Å². The smallest absolute Gasteiger partial charge is 0.123 e. The molecule has 0 heterocycles. The summed E-state index contributed by atoms with van der Waals surface area (Å²) in [5.74, 6) is -0.208. The summed E-state index contributed by atoms with van der Waals surface area (Å²) >= 11 is 0. The predicted molar refractivity (Wildman–Crippen MR) is 80.9 cm³/mol. The molecule has 1 aliphatic carbocycles. The largest absolute Gasteiger partial charge is 0.326 e. The second-order valence-electron chi connectivity index (χ2n) is 6.26. The monoisotopic (exact) mass is 279 g/mol. The molecule has 3 nitrogen and oxygen atoms in total. The zero-order valence-corrected chi connectivity index (χ0v) is 12.8. The lowest BCUT2D eigenvalue weighted by atomic mass is 9.75. The molecule has 0 bridgehead atoms. The molecule has 0 radical (unpaired) electrons. The molecule has 2 rings (SSSR count). The summed E-state index contributed by atoms with van der Waals surface area (Å²) in [6.45, 7) is 2.25. The highest BCUT2D eigenvalue weighted by molar-refractivity contribution is 5.27. The van der Waals surface area contributed by atoms with E-state index in [2.05, 4.69) is 30.9 Å². The number of hydrogen-bond donors (Lipinski definition) is 1. The Kier molecular flexibility index (Phi) is 4.78. The first-order valence-electron chi connectivity index (χ1n) is 7.30. The van der Waals surface area contributed by atoms with Crippen molar-refractivity contribution in [1.82, 2.24) is 9.80 Å². The van der Waals surface area contributed by atoms with Gasteiger partial charge in [0.25, 0.3) is 0 Å². The summed E-state index contributed by atoms with van der Waals surface area (Å²) < 4.78 is 13.2. The summed E-state index contributed by atoms with van der Waals surface area (Å²) in [7, 11) is 6.46. The van der Waals surface area contributed by atoms with Crippen molar-refractivity contribution in [2.75, 3.05) is 27.7 Å². The van der Waals surface area contributed by atoms with Crippen LogP contribution in [0, 0.1) is 5.82 Å². The van der Waals surface area contributed by atoms with Crippen molar-refractivity contribution in [3.63, 3.8) is 0 Å². The lowest BCUT2D eigenvalue weighted by Gasteiger charge is -2.49. The van der Waals surface area contributed by atoms with E-state index in [9.17, 15) is 4.39 Å². The minimum atomic E-state index is -0.208. The lowest BCUT2D eigenvalue weighted by Crippen LogP contribution is -2.56. The first-order valence-corrected chi connectivity index (χ1v) is 7.30. The van der Waals surface area contributed by atoms with Gasteiger partial charge in [0.05, 0.1) is 0 Å². The molecule has 1 aromatic rings. The van der Waals surface area contributed by atoms with Crippen molar-refractivity contribution >= 4 is 0 Å². The fourth-order valence-electron chi connectivity index (χ4n) is 3.12. The molecule has 1 aliphatic rings. The summed E-state index contributed by atoms with van der Waals surface area (Å²) in [6, 6.07) is 4.93. The normalized spacial score (nSPS) is 17.6. The molecule has 4 heteroatoms. The van der Waals surface area contributed by atoms with Gasteiger partial charge in [-0.2, -0.15) is 0 Å². The highest BCUT2D eigenvalue weighted by Crippen LogP contribution is 2.36. The third-order valence-electron chi connectivity index (χ3n) is 4.63. The van der Waals surface area contributed by atoms with E-state index in [1.54, 1.807) is 6.07 Å². The Balaban J connectivity index is 2.03. The van der Waals surface area contributed by atoms with E-state index in [0.29, 0.717) is 12.1 Å². The van der Waals surface area contributed by atoms with Crippen molar-refractivity contribution in [2.45, 2.75) is 37.9 Å². The summed E-state index contributed by atoms with van der Waals surface area (Å²) in [4.78, 5) is 4.67. The van der Waals surface area contributed by atoms with Crippen molar-refractivity contribution in [2.24, 2.45) is 5.73 Å². The first-order chi connectivity index (χ1) is 9.47. The van der Waals surface area contributed by atoms with Crippen LogP contribution in [0.1, 0.15) is 30.4 Å². The number of nitrogens with zero attached hydrogens (tertiary/aromatic N) is 2. The topological polar surface area (TPSA) is 32.5 Å². The maximum atomic E-state index is 13.2. The van der Waals surface area contributed by atoms with Crippen LogP contribution in [-0.2, 0) is 13.1 Å². The van der Waals surface area contributed by atoms with Crippen LogP contribution in [0.2, 0.25) is 0 Å². The van der Waals surface area contributed by atoms with E-state index in [4.69, 9.17) is 5.73 Å².